The van der Waals surface area contributed by atoms with Crippen LogP contribution in [0.4, 0.5) is 0 Å². The molecule has 0 bridgehead atoms. The number of esters is 1. The van der Waals surface area contributed by atoms with Crippen molar-refractivity contribution in [3.05, 3.63) is 57.9 Å². The molecule has 1 aromatic heterocycles. The third kappa shape index (κ3) is 2.57. The number of para-hydroxylation sites is 1. The summed E-state index contributed by atoms with van der Waals surface area (Å²) < 4.78 is 6.02. The lowest BCUT2D eigenvalue weighted by atomic mass is 10.3. The number of benzene rings is 1. The van der Waals surface area contributed by atoms with E-state index in [0.29, 0.717) is 11.3 Å². The predicted octanol–water partition coefficient (Wildman–Crippen LogP) is 2.91. The van der Waals surface area contributed by atoms with E-state index in [-0.39, 0.29) is 5.97 Å². The van der Waals surface area contributed by atoms with Crippen molar-refractivity contribution in [2.45, 2.75) is 0 Å². The summed E-state index contributed by atoms with van der Waals surface area (Å²) in [5.41, 5.74) is 0.479. The summed E-state index contributed by atoms with van der Waals surface area (Å²) in [5.74, 6) is 0.149. The first-order valence-electron chi connectivity index (χ1n) is 4.64. The summed E-state index contributed by atoms with van der Waals surface area (Å²) in [6, 6.07) is 10.7. The van der Waals surface area contributed by atoms with Crippen LogP contribution in [0.2, 0.25) is 0 Å². The van der Waals surface area contributed by atoms with E-state index in [1.165, 1.54) is 6.20 Å². The van der Waals surface area contributed by atoms with Crippen LogP contribution in [0.1, 0.15) is 10.4 Å². The highest BCUT2D eigenvalue weighted by Gasteiger charge is 2.11. The molecule has 0 aliphatic carbocycles. The van der Waals surface area contributed by atoms with Crippen molar-refractivity contribution in [1.82, 2.24) is 4.98 Å². The quantitative estimate of drug-likeness (QED) is 0.484. The highest BCUT2D eigenvalue weighted by molar-refractivity contribution is 14.1. The summed E-state index contributed by atoms with van der Waals surface area (Å²) in [6.07, 6.45) is 3.15. The summed E-state index contributed by atoms with van der Waals surface area (Å²) in [5, 5.41) is 0. The number of halogens is 1. The van der Waals surface area contributed by atoms with Gasteiger partial charge < -0.3 is 4.74 Å². The van der Waals surface area contributed by atoms with Gasteiger partial charge in [0.25, 0.3) is 0 Å². The molecule has 1 aromatic carbocycles. The third-order valence-electron chi connectivity index (χ3n) is 1.94. The number of carbonyl (C=O) groups is 1. The molecular formula is C12H8INO2. The summed E-state index contributed by atoms with van der Waals surface area (Å²) in [7, 11) is 0. The van der Waals surface area contributed by atoms with Gasteiger partial charge in [0, 0.05) is 16.0 Å². The van der Waals surface area contributed by atoms with Gasteiger partial charge >= 0.3 is 5.97 Å². The first kappa shape index (κ1) is 11.1. The van der Waals surface area contributed by atoms with Crippen molar-refractivity contribution >= 4 is 28.6 Å². The largest absolute Gasteiger partial charge is 0.423 e. The van der Waals surface area contributed by atoms with E-state index in [0.717, 1.165) is 3.57 Å². The molecule has 0 radical (unpaired) electrons. The zero-order chi connectivity index (χ0) is 11.4. The zero-order valence-electron chi connectivity index (χ0n) is 8.26. The number of ether oxygens (including phenoxy) is 1. The van der Waals surface area contributed by atoms with Crippen molar-refractivity contribution < 1.29 is 9.53 Å². The average molecular weight is 325 g/mol. The number of rotatable bonds is 2. The van der Waals surface area contributed by atoms with Crippen molar-refractivity contribution in [2.75, 3.05) is 0 Å². The Morgan fingerprint density at radius 3 is 2.62 bits per heavy atom. The second-order valence-electron chi connectivity index (χ2n) is 3.06. The molecule has 0 aliphatic rings. The van der Waals surface area contributed by atoms with Gasteiger partial charge in [0.05, 0.1) is 5.56 Å². The van der Waals surface area contributed by atoms with Crippen molar-refractivity contribution in [2.24, 2.45) is 0 Å². The van der Waals surface area contributed by atoms with Crippen LogP contribution in [0.3, 0.4) is 0 Å². The monoisotopic (exact) mass is 325 g/mol. The molecule has 0 aliphatic heterocycles. The Bertz CT molecular complexity index is 499. The van der Waals surface area contributed by atoms with Gasteiger partial charge in [-0.3, -0.25) is 4.98 Å². The molecule has 0 amide bonds. The molecule has 2 rings (SSSR count). The molecule has 0 fully saturated rings. The highest BCUT2D eigenvalue weighted by Crippen LogP contribution is 2.15. The van der Waals surface area contributed by atoms with Gasteiger partial charge in [-0.15, -0.1) is 0 Å². The van der Waals surface area contributed by atoms with E-state index >= 15 is 0 Å². The number of hydrogen-bond donors (Lipinski definition) is 0. The Labute approximate surface area is 107 Å². The zero-order valence-corrected chi connectivity index (χ0v) is 10.4. The molecule has 3 nitrogen and oxygen atoms in total. The van der Waals surface area contributed by atoms with Crippen LogP contribution in [0.15, 0.2) is 48.8 Å². The van der Waals surface area contributed by atoms with Gasteiger partial charge in [0.2, 0.25) is 0 Å². The number of nitrogens with zero attached hydrogens (tertiary/aromatic N) is 1. The van der Waals surface area contributed by atoms with Crippen molar-refractivity contribution in [1.29, 1.82) is 0 Å². The van der Waals surface area contributed by atoms with Gasteiger partial charge in [-0.25, -0.2) is 4.79 Å². The van der Waals surface area contributed by atoms with Crippen LogP contribution >= 0.6 is 22.6 Å². The fourth-order valence-electron chi connectivity index (χ4n) is 1.18. The number of hydrogen-bond acceptors (Lipinski definition) is 3. The minimum atomic E-state index is -0.385. The lowest BCUT2D eigenvalue weighted by molar-refractivity contribution is 0.0733. The van der Waals surface area contributed by atoms with E-state index in [9.17, 15) is 4.79 Å². The van der Waals surface area contributed by atoms with Gasteiger partial charge in [-0.1, -0.05) is 18.2 Å². The van der Waals surface area contributed by atoms with E-state index < -0.39 is 0 Å². The SMILES string of the molecule is O=C(Oc1ccccc1)c1cnccc1I. The number of carbonyl (C=O) groups excluding carboxylic acids is 1. The van der Waals surface area contributed by atoms with Crippen LogP contribution in [-0.4, -0.2) is 11.0 Å². The fraction of sp³-hybridized carbons (Fsp3) is 0. The minimum Gasteiger partial charge on any atom is -0.423 e. The molecule has 80 valence electrons. The summed E-state index contributed by atoms with van der Waals surface area (Å²) in [4.78, 5) is 15.7. The van der Waals surface area contributed by atoms with Crippen LogP contribution in [0, 0.1) is 3.57 Å². The van der Waals surface area contributed by atoms with E-state index in [1.807, 2.05) is 18.2 Å². The minimum absolute atomic E-state index is 0.385. The maximum Gasteiger partial charge on any atom is 0.346 e. The van der Waals surface area contributed by atoms with Gasteiger partial charge in [-0.2, -0.15) is 0 Å². The molecule has 0 unspecified atom stereocenters. The molecule has 4 heteroatoms. The van der Waals surface area contributed by atoms with Gasteiger partial charge in [-0.05, 0) is 40.8 Å². The average Bonchev–Trinajstić information content (AvgIpc) is 2.31. The van der Waals surface area contributed by atoms with Crippen LogP contribution < -0.4 is 4.74 Å². The maximum absolute atomic E-state index is 11.8. The standard InChI is InChI=1S/C12H8INO2/c13-11-6-7-14-8-10(11)12(15)16-9-4-2-1-3-5-9/h1-8H. The highest BCUT2D eigenvalue weighted by atomic mass is 127. The third-order valence-corrected chi connectivity index (χ3v) is 2.88. The summed E-state index contributed by atoms with van der Waals surface area (Å²) >= 11 is 2.08. The Hall–Kier alpha value is -1.43. The van der Waals surface area contributed by atoms with E-state index in [1.54, 1.807) is 24.4 Å². The molecule has 0 saturated carbocycles. The molecule has 0 atom stereocenters. The molecule has 1 heterocycles. The Balaban J connectivity index is 2.19. The lowest BCUT2D eigenvalue weighted by Gasteiger charge is -2.04. The Kier molecular flexibility index (Phi) is 3.51. The maximum atomic E-state index is 11.8. The van der Waals surface area contributed by atoms with Crippen molar-refractivity contribution in [3.63, 3.8) is 0 Å². The normalized spacial score (nSPS) is 9.81. The second kappa shape index (κ2) is 5.07. The Morgan fingerprint density at radius 1 is 1.19 bits per heavy atom. The topological polar surface area (TPSA) is 39.2 Å². The molecule has 0 N–H and O–H groups in total. The molecule has 16 heavy (non-hydrogen) atoms. The summed E-state index contributed by atoms with van der Waals surface area (Å²) in [6.45, 7) is 0. The number of aromatic nitrogens is 1. The van der Waals surface area contributed by atoms with Crippen LogP contribution in [0.5, 0.6) is 5.75 Å². The predicted molar refractivity (Wildman–Crippen MR) is 68.4 cm³/mol. The fourth-order valence-corrected chi connectivity index (χ4v) is 1.70. The van der Waals surface area contributed by atoms with Gasteiger partial charge in [0.15, 0.2) is 0 Å². The lowest BCUT2D eigenvalue weighted by Crippen LogP contribution is -2.10. The van der Waals surface area contributed by atoms with E-state index in [2.05, 4.69) is 27.6 Å². The molecule has 0 saturated heterocycles. The second-order valence-corrected chi connectivity index (χ2v) is 4.22. The first-order chi connectivity index (χ1) is 7.77. The Morgan fingerprint density at radius 2 is 1.94 bits per heavy atom. The molecule has 2 aromatic rings. The van der Waals surface area contributed by atoms with Crippen molar-refractivity contribution in [3.8, 4) is 5.75 Å². The molecule has 0 spiro atoms. The van der Waals surface area contributed by atoms with Gasteiger partial charge in [0.1, 0.15) is 5.75 Å². The first-order valence-corrected chi connectivity index (χ1v) is 5.72. The van der Waals surface area contributed by atoms with Crippen LogP contribution in [-0.2, 0) is 0 Å². The smallest absolute Gasteiger partial charge is 0.346 e. The molecular weight excluding hydrogens is 317 g/mol. The van der Waals surface area contributed by atoms with E-state index in [4.69, 9.17) is 4.74 Å². The number of pyridine rings is 1. The van der Waals surface area contributed by atoms with Crippen LogP contribution in [0.25, 0.3) is 0 Å².